The summed E-state index contributed by atoms with van der Waals surface area (Å²) in [5.74, 6) is -1.85. The predicted octanol–water partition coefficient (Wildman–Crippen LogP) is 2.60. The Hall–Kier alpha value is -1.13. The van der Waals surface area contributed by atoms with E-state index < -0.39 is 17.4 Å². The second kappa shape index (κ2) is 6.45. The number of ether oxygens (including phenoxy) is 1. The molecule has 5 heteroatoms. The second-order valence-corrected chi connectivity index (χ2v) is 3.35. The Balaban J connectivity index is 2.84. The third-order valence-electron chi connectivity index (χ3n) is 1.90. The van der Waals surface area contributed by atoms with Crippen LogP contribution in [0.5, 0.6) is 5.75 Å². The molecule has 0 atom stereocenters. The SMILES string of the molecule is NCCc1cc(F)c(OCC=CCl)c(F)c1. The molecule has 0 aromatic heterocycles. The molecule has 0 fully saturated rings. The number of rotatable bonds is 5. The van der Waals surface area contributed by atoms with Crippen LogP contribution in [0.2, 0.25) is 0 Å². The quantitative estimate of drug-likeness (QED) is 0.868. The van der Waals surface area contributed by atoms with Gasteiger partial charge in [0.2, 0.25) is 0 Å². The molecule has 0 spiro atoms. The van der Waals surface area contributed by atoms with E-state index in [4.69, 9.17) is 22.1 Å². The van der Waals surface area contributed by atoms with Gasteiger partial charge in [0.05, 0.1) is 0 Å². The van der Waals surface area contributed by atoms with Crippen LogP contribution < -0.4 is 10.5 Å². The Bertz CT molecular complexity index is 359. The number of nitrogens with two attached hydrogens (primary N) is 1. The summed E-state index contributed by atoms with van der Waals surface area (Å²) >= 11 is 5.25. The van der Waals surface area contributed by atoms with E-state index in [1.807, 2.05) is 0 Å². The summed E-state index contributed by atoms with van der Waals surface area (Å²) in [6.07, 6.45) is 1.87. The highest BCUT2D eigenvalue weighted by Gasteiger charge is 2.11. The van der Waals surface area contributed by atoms with Crippen molar-refractivity contribution in [3.63, 3.8) is 0 Å². The molecule has 88 valence electrons. The molecule has 0 unspecified atom stereocenters. The largest absolute Gasteiger partial charge is 0.483 e. The van der Waals surface area contributed by atoms with Crippen molar-refractivity contribution in [2.24, 2.45) is 5.73 Å². The highest BCUT2D eigenvalue weighted by Crippen LogP contribution is 2.23. The zero-order valence-electron chi connectivity index (χ0n) is 8.55. The van der Waals surface area contributed by atoms with Crippen molar-refractivity contribution in [2.75, 3.05) is 13.2 Å². The minimum Gasteiger partial charge on any atom is -0.483 e. The molecule has 0 bridgehead atoms. The Labute approximate surface area is 97.7 Å². The van der Waals surface area contributed by atoms with Crippen molar-refractivity contribution in [1.29, 1.82) is 0 Å². The fourth-order valence-corrected chi connectivity index (χ4v) is 1.30. The maximum atomic E-state index is 13.4. The Kier molecular flexibility index (Phi) is 5.22. The van der Waals surface area contributed by atoms with Crippen LogP contribution in [-0.2, 0) is 6.42 Å². The van der Waals surface area contributed by atoms with Crippen LogP contribution in [0, 0.1) is 11.6 Å². The molecule has 0 amide bonds. The molecule has 16 heavy (non-hydrogen) atoms. The van der Waals surface area contributed by atoms with Crippen LogP contribution in [0.3, 0.4) is 0 Å². The van der Waals surface area contributed by atoms with Gasteiger partial charge in [0.15, 0.2) is 17.4 Å². The van der Waals surface area contributed by atoms with Gasteiger partial charge in [0, 0.05) is 5.54 Å². The van der Waals surface area contributed by atoms with Crippen molar-refractivity contribution in [3.05, 3.63) is 40.9 Å². The van der Waals surface area contributed by atoms with E-state index in [2.05, 4.69) is 0 Å². The first kappa shape index (κ1) is 12.9. The Morgan fingerprint density at radius 2 is 1.94 bits per heavy atom. The van der Waals surface area contributed by atoms with Crippen LogP contribution in [0.4, 0.5) is 8.78 Å². The van der Waals surface area contributed by atoms with Gasteiger partial charge in [-0.2, -0.15) is 0 Å². The topological polar surface area (TPSA) is 35.2 Å². The summed E-state index contributed by atoms with van der Waals surface area (Å²) in [5.41, 5.74) is 7.03. The first-order chi connectivity index (χ1) is 7.69. The lowest BCUT2D eigenvalue weighted by atomic mass is 10.1. The van der Waals surface area contributed by atoms with E-state index in [0.29, 0.717) is 18.5 Å². The summed E-state index contributed by atoms with van der Waals surface area (Å²) < 4.78 is 31.7. The molecule has 0 aliphatic heterocycles. The molecule has 0 saturated carbocycles. The van der Waals surface area contributed by atoms with Gasteiger partial charge >= 0.3 is 0 Å². The van der Waals surface area contributed by atoms with E-state index in [0.717, 1.165) is 0 Å². The van der Waals surface area contributed by atoms with E-state index in [-0.39, 0.29) is 6.61 Å². The number of hydrogen-bond donors (Lipinski definition) is 1. The highest BCUT2D eigenvalue weighted by molar-refractivity contribution is 6.25. The van der Waals surface area contributed by atoms with Gasteiger partial charge < -0.3 is 10.5 Å². The first-order valence-corrected chi connectivity index (χ1v) is 5.18. The van der Waals surface area contributed by atoms with E-state index >= 15 is 0 Å². The highest BCUT2D eigenvalue weighted by atomic mass is 35.5. The third-order valence-corrected chi connectivity index (χ3v) is 2.08. The second-order valence-electron chi connectivity index (χ2n) is 3.10. The maximum absolute atomic E-state index is 13.4. The molecular formula is C11H12ClF2NO. The van der Waals surface area contributed by atoms with Crippen molar-refractivity contribution >= 4 is 11.6 Å². The number of halogens is 3. The summed E-state index contributed by atoms with van der Waals surface area (Å²) in [5, 5.41) is 0. The van der Waals surface area contributed by atoms with Crippen LogP contribution in [0.15, 0.2) is 23.7 Å². The minimum atomic E-state index is -0.730. The molecular weight excluding hydrogens is 236 g/mol. The van der Waals surface area contributed by atoms with Gasteiger partial charge in [0.25, 0.3) is 0 Å². The molecule has 2 N–H and O–H groups in total. The van der Waals surface area contributed by atoms with Gasteiger partial charge in [-0.15, -0.1) is 0 Å². The predicted molar refractivity (Wildman–Crippen MR) is 59.6 cm³/mol. The molecule has 1 aromatic carbocycles. The van der Waals surface area contributed by atoms with Crippen molar-refractivity contribution in [1.82, 2.24) is 0 Å². The first-order valence-electron chi connectivity index (χ1n) is 4.75. The standard InChI is InChI=1S/C11H12ClF2NO/c12-3-1-5-16-11-9(13)6-8(2-4-15)7-10(11)14/h1,3,6-7H,2,4-5,15H2. The van der Waals surface area contributed by atoms with Gasteiger partial charge in [-0.05, 0) is 36.7 Å². The maximum Gasteiger partial charge on any atom is 0.191 e. The molecule has 1 aromatic rings. The average molecular weight is 248 g/mol. The minimum absolute atomic E-state index is 0.0214. The summed E-state index contributed by atoms with van der Waals surface area (Å²) in [6.45, 7) is 0.363. The van der Waals surface area contributed by atoms with Gasteiger partial charge in [-0.1, -0.05) is 11.6 Å². The number of benzene rings is 1. The zero-order valence-corrected chi connectivity index (χ0v) is 9.31. The lowest BCUT2D eigenvalue weighted by molar-refractivity contribution is 0.320. The van der Waals surface area contributed by atoms with E-state index in [1.165, 1.54) is 23.7 Å². The fraction of sp³-hybridized carbons (Fsp3) is 0.273. The summed E-state index contributed by atoms with van der Waals surface area (Å²) in [6, 6.07) is 2.44. The molecule has 0 aliphatic rings. The van der Waals surface area contributed by atoms with Crippen LogP contribution in [0.25, 0.3) is 0 Å². The molecule has 0 heterocycles. The molecule has 0 saturated heterocycles. The van der Waals surface area contributed by atoms with Gasteiger partial charge in [-0.3, -0.25) is 0 Å². The van der Waals surface area contributed by atoms with E-state index in [9.17, 15) is 8.78 Å². The normalized spacial score (nSPS) is 11.0. The summed E-state index contributed by atoms with van der Waals surface area (Å²) in [4.78, 5) is 0. The molecule has 0 aliphatic carbocycles. The fourth-order valence-electron chi connectivity index (χ4n) is 1.23. The molecule has 0 radical (unpaired) electrons. The lowest BCUT2D eigenvalue weighted by Gasteiger charge is -2.08. The van der Waals surface area contributed by atoms with Gasteiger partial charge in [-0.25, -0.2) is 8.78 Å². The average Bonchev–Trinajstić information content (AvgIpc) is 2.23. The van der Waals surface area contributed by atoms with Crippen LogP contribution in [0.1, 0.15) is 5.56 Å². The van der Waals surface area contributed by atoms with Crippen LogP contribution >= 0.6 is 11.6 Å². The zero-order chi connectivity index (χ0) is 12.0. The summed E-state index contributed by atoms with van der Waals surface area (Å²) in [7, 11) is 0. The van der Waals surface area contributed by atoms with Gasteiger partial charge in [0.1, 0.15) is 6.61 Å². The van der Waals surface area contributed by atoms with E-state index in [1.54, 1.807) is 0 Å². The monoisotopic (exact) mass is 247 g/mol. The Morgan fingerprint density at radius 3 is 2.44 bits per heavy atom. The van der Waals surface area contributed by atoms with Crippen molar-refractivity contribution in [2.45, 2.75) is 6.42 Å². The lowest BCUT2D eigenvalue weighted by Crippen LogP contribution is -2.05. The third kappa shape index (κ3) is 3.47. The Morgan fingerprint density at radius 1 is 1.31 bits per heavy atom. The number of hydrogen-bond acceptors (Lipinski definition) is 2. The molecule has 1 rings (SSSR count). The molecule has 2 nitrogen and oxygen atoms in total. The van der Waals surface area contributed by atoms with Crippen molar-refractivity contribution in [3.8, 4) is 5.75 Å². The van der Waals surface area contributed by atoms with Crippen LogP contribution in [-0.4, -0.2) is 13.2 Å². The smallest absolute Gasteiger partial charge is 0.191 e. The van der Waals surface area contributed by atoms with Crippen molar-refractivity contribution < 1.29 is 13.5 Å².